The Morgan fingerprint density at radius 3 is 2.25 bits per heavy atom. The van der Waals surface area contributed by atoms with Gasteiger partial charge in [0.2, 0.25) is 0 Å². The molecule has 0 spiro atoms. The zero-order valence-corrected chi connectivity index (χ0v) is 9.94. The average molecular weight is 233 g/mol. The van der Waals surface area contributed by atoms with Crippen LogP contribution < -0.4 is 0 Å². The first-order chi connectivity index (χ1) is 5.75. The molecule has 0 aromatic carbocycles. The van der Waals surface area contributed by atoms with Crippen LogP contribution in [0.15, 0.2) is 0 Å². The zero-order chi connectivity index (χ0) is 8.97. The van der Waals surface area contributed by atoms with E-state index in [0.717, 1.165) is 11.8 Å². The molecule has 1 aliphatic carbocycles. The second kappa shape index (κ2) is 5.26. The van der Waals surface area contributed by atoms with Gasteiger partial charge in [-0.05, 0) is 11.8 Å². The van der Waals surface area contributed by atoms with Gasteiger partial charge in [0.25, 0.3) is 0 Å². The third kappa shape index (κ3) is 2.76. The van der Waals surface area contributed by atoms with E-state index in [1.165, 1.54) is 38.5 Å². The second-order valence-electron chi connectivity index (χ2n) is 4.15. The molecule has 1 heteroatoms. The Morgan fingerprint density at radius 1 is 1.25 bits per heavy atom. The minimum atomic E-state index is 0.714. The molecule has 2 unspecified atom stereocenters. The molecule has 0 N–H and O–H groups in total. The van der Waals surface area contributed by atoms with Gasteiger partial charge in [-0.25, -0.2) is 0 Å². The molecule has 72 valence electrons. The predicted molar refractivity (Wildman–Crippen MR) is 58.7 cm³/mol. The maximum absolute atomic E-state index is 3.74. The van der Waals surface area contributed by atoms with Crippen LogP contribution in [-0.4, -0.2) is 4.83 Å². The summed E-state index contributed by atoms with van der Waals surface area (Å²) in [7, 11) is 0. The normalized spacial score (nSPS) is 25.2. The van der Waals surface area contributed by atoms with Crippen LogP contribution in [0, 0.1) is 11.8 Å². The summed E-state index contributed by atoms with van der Waals surface area (Å²) in [6.07, 6.45) is 8.73. The Kier molecular flexibility index (Phi) is 4.63. The summed E-state index contributed by atoms with van der Waals surface area (Å²) >= 11 is 3.74. The number of hydrogen-bond acceptors (Lipinski definition) is 0. The van der Waals surface area contributed by atoms with Crippen LogP contribution in [0.1, 0.15) is 52.4 Å². The van der Waals surface area contributed by atoms with Gasteiger partial charge < -0.3 is 0 Å². The molecule has 0 amide bonds. The summed E-state index contributed by atoms with van der Waals surface area (Å²) in [6, 6.07) is 0. The van der Waals surface area contributed by atoms with Gasteiger partial charge in [-0.3, -0.25) is 0 Å². The first-order valence-corrected chi connectivity index (χ1v) is 6.31. The van der Waals surface area contributed by atoms with Crippen LogP contribution in [0.25, 0.3) is 0 Å². The standard InChI is InChI=1S/C11H21Br/c1-3-11(9(2)12)10-7-5-4-6-8-10/h9-11H,3-8H2,1-2H3. The van der Waals surface area contributed by atoms with E-state index in [9.17, 15) is 0 Å². The molecule has 0 saturated heterocycles. The molecule has 1 aliphatic rings. The molecular weight excluding hydrogens is 212 g/mol. The first-order valence-electron chi connectivity index (χ1n) is 5.39. The van der Waals surface area contributed by atoms with Gasteiger partial charge in [-0.1, -0.05) is 68.3 Å². The lowest BCUT2D eigenvalue weighted by Gasteiger charge is -2.31. The van der Waals surface area contributed by atoms with Crippen LogP contribution >= 0.6 is 15.9 Å². The Bertz CT molecular complexity index is 114. The van der Waals surface area contributed by atoms with Crippen molar-refractivity contribution in [3.63, 3.8) is 0 Å². The van der Waals surface area contributed by atoms with Crippen LogP contribution in [0.3, 0.4) is 0 Å². The van der Waals surface area contributed by atoms with E-state index in [-0.39, 0.29) is 0 Å². The molecule has 0 nitrogen and oxygen atoms in total. The molecule has 1 fully saturated rings. The van der Waals surface area contributed by atoms with Crippen molar-refractivity contribution in [3.05, 3.63) is 0 Å². The first kappa shape index (κ1) is 10.6. The quantitative estimate of drug-likeness (QED) is 0.634. The minimum Gasteiger partial charge on any atom is -0.0891 e. The molecule has 0 aromatic heterocycles. The second-order valence-corrected chi connectivity index (χ2v) is 5.59. The van der Waals surface area contributed by atoms with Crippen molar-refractivity contribution < 1.29 is 0 Å². The Balaban J connectivity index is 2.40. The van der Waals surface area contributed by atoms with Gasteiger partial charge in [-0.2, -0.15) is 0 Å². The number of hydrogen-bond donors (Lipinski definition) is 0. The summed E-state index contributed by atoms with van der Waals surface area (Å²) in [5.74, 6) is 1.93. The maximum Gasteiger partial charge on any atom is 0.0148 e. The van der Waals surface area contributed by atoms with E-state index in [1.807, 2.05) is 0 Å². The van der Waals surface area contributed by atoms with E-state index >= 15 is 0 Å². The van der Waals surface area contributed by atoms with Crippen LogP contribution in [0.5, 0.6) is 0 Å². The topological polar surface area (TPSA) is 0 Å². The lowest BCUT2D eigenvalue weighted by atomic mass is 9.78. The van der Waals surface area contributed by atoms with Gasteiger partial charge in [0.05, 0.1) is 0 Å². The van der Waals surface area contributed by atoms with Gasteiger partial charge in [-0.15, -0.1) is 0 Å². The average Bonchev–Trinajstić information content (AvgIpc) is 2.07. The van der Waals surface area contributed by atoms with Crippen LogP contribution in [-0.2, 0) is 0 Å². The van der Waals surface area contributed by atoms with Gasteiger partial charge in [0.1, 0.15) is 0 Å². The van der Waals surface area contributed by atoms with Crippen molar-refractivity contribution in [2.75, 3.05) is 0 Å². The Labute approximate surface area is 85.3 Å². The molecule has 0 aliphatic heterocycles. The SMILES string of the molecule is CCC(C(C)Br)C1CCCCC1. The minimum absolute atomic E-state index is 0.714. The molecule has 0 bridgehead atoms. The monoisotopic (exact) mass is 232 g/mol. The Hall–Kier alpha value is 0.480. The molecule has 0 aromatic rings. The lowest BCUT2D eigenvalue weighted by molar-refractivity contribution is 0.243. The number of halogens is 1. The highest BCUT2D eigenvalue weighted by atomic mass is 79.9. The van der Waals surface area contributed by atoms with E-state index in [1.54, 1.807) is 0 Å². The van der Waals surface area contributed by atoms with Crippen molar-refractivity contribution in [1.82, 2.24) is 0 Å². The predicted octanol–water partition coefficient (Wildman–Crippen LogP) is 4.38. The fourth-order valence-corrected chi connectivity index (χ4v) is 3.40. The van der Waals surface area contributed by atoms with Crippen molar-refractivity contribution in [1.29, 1.82) is 0 Å². The molecular formula is C11H21Br. The largest absolute Gasteiger partial charge is 0.0891 e. The summed E-state index contributed by atoms with van der Waals surface area (Å²) in [4.78, 5) is 0.714. The van der Waals surface area contributed by atoms with E-state index in [4.69, 9.17) is 0 Å². The fourth-order valence-electron chi connectivity index (χ4n) is 2.60. The van der Waals surface area contributed by atoms with Gasteiger partial charge in [0, 0.05) is 4.83 Å². The van der Waals surface area contributed by atoms with Crippen LogP contribution in [0.2, 0.25) is 0 Å². The lowest BCUT2D eigenvalue weighted by Crippen LogP contribution is -2.23. The van der Waals surface area contributed by atoms with Crippen molar-refractivity contribution in [3.8, 4) is 0 Å². The van der Waals surface area contributed by atoms with Crippen LogP contribution in [0.4, 0.5) is 0 Å². The van der Waals surface area contributed by atoms with Crippen molar-refractivity contribution >= 4 is 15.9 Å². The maximum atomic E-state index is 3.74. The van der Waals surface area contributed by atoms with E-state index in [0.29, 0.717) is 4.83 Å². The summed E-state index contributed by atoms with van der Waals surface area (Å²) in [6.45, 7) is 4.64. The smallest absolute Gasteiger partial charge is 0.0148 e. The fraction of sp³-hybridized carbons (Fsp3) is 1.00. The Morgan fingerprint density at radius 2 is 1.83 bits per heavy atom. The highest BCUT2D eigenvalue weighted by Gasteiger charge is 2.24. The third-order valence-corrected chi connectivity index (χ3v) is 4.00. The van der Waals surface area contributed by atoms with E-state index < -0.39 is 0 Å². The van der Waals surface area contributed by atoms with Crippen molar-refractivity contribution in [2.24, 2.45) is 11.8 Å². The molecule has 1 saturated carbocycles. The summed E-state index contributed by atoms with van der Waals surface area (Å²) in [5, 5.41) is 0. The summed E-state index contributed by atoms with van der Waals surface area (Å²) in [5.41, 5.74) is 0. The van der Waals surface area contributed by atoms with Gasteiger partial charge in [0.15, 0.2) is 0 Å². The number of rotatable bonds is 3. The third-order valence-electron chi connectivity index (χ3n) is 3.32. The van der Waals surface area contributed by atoms with Gasteiger partial charge >= 0.3 is 0 Å². The highest BCUT2D eigenvalue weighted by Crippen LogP contribution is 2.35. The molecule has 0 radical (unpaired) electrons. The molecule has 12 heavy (non-hydrogen) atoms. The molecule has 2 atom stereocenters. The molecule has 0 heterocycles. The van der Waals surface area contributed by atoms with Crippen molar-refractivity contribution in [2.45, 2.75) is 57.2 Å². The molecule has 1 rings (SSSR count). The van der Waals surface area contributed by atoms with E-state index in [2.05, 4.69) is 29.8 Å². The zero-order valence-electron chi connectivity index (χ0n) is 8.35. The number of alkyl halides is 1. The summed E-state index contributed by atoms with van der Waals surface area (Å²) < 4.78 is 0. The highest BCUT2D eigenvalue weighted by molar-refractivity contribution is 9.09.